The molecule has 0 aromatic rings. The molecule has 0 rings (SSSR count). The van der Waals surface area contributed by atoms with Gasteiger partial charge < -0.3 is 9.84 Å². The maximum atomic E-state index is 10.9. The fourth-order valence-corrected chi connectivity index (χ4v) is 2.46. The van der Waals surface area contributed by atoms with Crippen LogP contribution in [0.25, 0.3) is 0 Å². The van der Waals surface area contributed by atoms with Crippen molar-refractivity contribution in [1.29, 1.82) is 0 Å². The normalized spacial score (nSPS) is 12.7. The smallest absolute Gasteiger partial charge is 0.305 e. The number of ether oxygens (including phenoxy) is 1. The Balaban J connectivity index is 3.32. The largest absolute Gasteiger partial charge is 0.469 e. The SMILES string of the molecule is CCCCCCCC/C=C\C[C@H](O)CCCCCC(=O)OC. The number of rotatable bonds is 15. The standard InChI is InChI=1S/C19H36O3/c1-3-4-5-6-7-8-9-10-12-15-18(20)16-13-11-14-17-19(21)22-2/h10,12,18,20H,3-9,11,13-17H2,1-2H3/b12-10-/t18-/m0/s1. The van der Waals surface area contributed by atoms with Gasteiger partial charge >= 0.3 is 5.97 Å². The first-order chi connectivity index (χ1) is 10.7. The number of aliphatic hydroxyl groups is 1. The predicted molar refractivity (Wildman–Crippen MR) is 92.9 cm³/mol. The van der Waals surface area contributed by atoms with Crippen molar-refractivity contribution in [3.8, 4) is 0 Å². The summed E-state index contributed by atoms with van der Waals surface area (Å²) in [4.78, 5) is 10.9. The highest BCUT2D eigenvalue weighted by atomic mass is 16.5. The molecule has 0 amide bonds. The van der Waals surface area contributed by atoms with E-state index < -0.39 is 0 Å². The molecule has 3 nitrogen and oxygen atoms in total. The zero-order valence-electron chi connectivity index (χ0n) is 14.7. The van der Waals surface area contributed by atoms with Crippen LogP contribution in [0, 0.1) is 0 Å². The molecule has 0 heterocycles. The third-order valence-electron chi connectivity index (χ3n) is 3.95. The van der Waals surface area contributed by atoms with Crippen LogP contribution in [0.3, 0.4) is 0 Å². The molecule has 22 heavy (non-hydrogen) atoms. The maximum absolute atomic E-state index is 10.9. The highest BCUT2D eigenvalue weighted by molar-refractivity contribution is 5.68. The van der Waals surface area contributed by atoms with Gasteiger partial charge in [0, 0.05) is 6.42 Å². The summed E-state index contributed by atoms with van der Waals surface area (Å²) in [5.41, 5.74) is 0. The van der Waals surface area contributed by atoms with Gasteiger partial charge in [0.15, 0.2) is 0 Å². The van der Waals surface area contributed by atoms with Crippen LogP contribution in [0.2, 0.25) is 0 Å². The average Bonchev–Trinajstić information content (AvgIpc) is 2.52. The number of hydrogen-bond donors (Lipinski definition) is 1. The monoisotopic (exact) mass is 312 g/mol. The minimum Gasteiger partial charge on any atom is -0.469 e. The van der Waals surface area contributed by atoms with Crippen LogP contribution in [-0.2, 0) is 9.53 Å². The van der Waals surface area contributed by atoms with Crippen LogP contribution >= 0.6 is 0 Å². The summed E-state index contributed by atoms with van der Waals surface area (Å²) in [6.45, 7) is 2.24. The first-order valence-electron chi connectivity index (χ1n) is 9.10. The lowest BCUT2D eigenvalue weighted by atomic mass is 10.1. The van der Waals surface area contributed by atoms with E-state index in [1.165, 1.54) is 45.6 Å². The second-order valence-corrected chi connectivity index (χ2v) is 6.09. The van der Waals surface area contributed by atoms with E-state index in [4.69, 9.17) is 0 Å². The van der Waals surface area contributed by atoms with E-state index in [0.717, 1.165) is 38.5 Å². The third-order valence-corrected chi connectivity index (χ3v) is 3.95. The molecular weight excluding hydrogens is 276 g/mol. The summed E-state index contributed by atoms with van der Waals surface area (Å²) in [5.74, 6) is -0.141. The molecule has 0 radical (unpaired) electrons. The molecule has 0 aliphatic rings. The van der Waals surface area contributed by atoms with Crippen LogP contribution in [-0.4, -0.2) is 24.3 Å². The third kappa shape index (κ3) is 15.6. The van der Waals surface area contributed by atoms with Gasteiger partial charge in [0.05, 0.1) is 13.2 Å². The van der Waals surface area contributed by atoms with Gasteiger partial charge in [0.1, 0.15) is 0 Å². The molecule has 130 valence electrons. The Labute approximate surface area is 137 Å². The summed E-state index contributed by atoms with van der Waals surface area (Å²) in [6.07, 6.45) is 18.1. The van der Waals surface area contributed by atoms with E-state index in [0.29, 0.717) is 6.42 Å². The van der Waals surface area contributed by atoms with Gasteiger partial charge in [-0.3, -0.25) is 4.79 Å². The van der Waals surface area contributed by atoms with E-state index in [9.17, 15) is 9.90 Å². The molecule has 0 bridgehead atoms. The van der Waals surface area contributed by atoms with Crippen molar-refractivity contribution in [2.24, 2.45) is 0 Å². The lowest BCUT2D eigenvalue weighted by Gasteiger charge is -2.07. The summed E-state index contributed by atoms with van der Waals surface area (Å²) < 4.78 is 4.59. The van der Waals surface area contributed by atoms with Crippen LogP contribution in [0.5, 0.6) is 0 Å². The molecule has 1 atom stereocenters. The second-order valence-electron chi connectivity index (χ2n) is 6.09. The molecule has 3 heteroatoms. The lowest BCUT2D eigenvalue weighted by Crippen LogP contribution is -2.05. The van der Waals surface area contributed by atoms with Crippen LogP contribution in [0.1, 0.15) is 90.4 Å². The van der Waals surface area contributed by atoms with Crippen LogP contribution < -0.4 is 0 Å². The number of methoxy groups -OCH3 is 1. The van der Waals surface area contributed by atoms with Crippen molar-refractivity contribution >= 4 is 5.97 Å². The summed E-state index contributed by atoms with van der Waals surface area (Å²) in [6, 6.07) is 0. The van der Waals surface area contributed by atoms with Crippen molar-refractivity contribution in [3.63, 3.8) is 0 Å². The fourth-order valence-electron chi connectivity index (χ4n) is 2.46. The Hall–Kier alpha value is -0.830. The fraction of sp³-hybridized carbons (Fsp3) is 0.842. The average molecular weight is 312 g/mol. The lowest BCUT2D eigenvalue weighted by molar-refractivity contribution is -0.140. The van der Waals surface area contributed by atoms with Gasteiger partial charge in [-0.05, 0) is 32.1 Å². The van der Waals surface area contributed by atoms with E-state index >= 15 is 0 Å². The van der Waals surface area contributed by atoms with E-state index in [-0.39, 0.29) is 12.1 Å². The molecule has 0 spiro atoms. The first kappa shape index (κ1) is 21.2. The maximum Gasteiger partial charge on any atom is 0.305 e. The molecule has 0 saturated heterocycles. The molecule has 0 aromatic heterocycles. The molecule has 0 aromatic carbocycles. The predicted octanol–water partition coefficient (Wildman–Crippen LogP) is 5.17. The highest BCUT2D eigenvalue weighted by Gasteiger charge is 2.03. The summed E-state index contributed by atoms with van der Waals surface area (Å²) in [7, 11) is 1.42. The minimum atomic E-state index is -0.237. The van der Waals surface area contributed by atoms with Crippen LogP contribution in [0.4, 0.5) is 0 Å². The molecular formula is C19H36O3. The van der Waals surface area contributed by atoms with Gasteiger partial charge in [0.2, 0.25) is 0 Å². The number of unbranched alkanes of at least 4 members (excludes halogenated alkanes) is 8. The van der Waals surface area contributed by atoms with Crippen molar-refractivity contribution in [1.82, 2.24) is 0 Å². The number of aliphatic hydroxyl groups excluding tert-OH is 1. The minimum absolute atomic E-state index is 0.141. The van der Waals surface area contributed by atoms with E-state index in [2.05, 4.69) is 23.8 Å². The zero-order valence-corrected chi connectivity index (χ0v) is 14.7. The Bertz CT molecular complexity index is 274. The second kappa shape index (κ2) is 16.5. The van der Waals surface area contributed by atoms with Crippen molar-refractivity contribution in [3.05, 3.63) is 12.2 Å². The van der Waals surface area contributed by atoms with Crippen molar-refractivity contribution in [2.45, 2.75) is 96.5 Å². The number of carbonyl (C=O) groups excluding carboxylic acids is 1. The first-order valence-corrected chi connectivity index (χ1v) is 9.10. The van der Waals surface area contributed by atoms with Gasteiger partial charge in [-0.1, -0.05) is 64.0 Å². The summed E-state index contributed by atoms with van der Waals surface area (Å²) in [5, 5.41) is 9.86. The van der Waals surface area contributed by atoms with Crippen molar-refractivity contribution < 1.29 is 14.6 Å². The Morgan fingerprint density at radius 1 is 1.00 bits per heavy atom. The Morgan fingerprint density at radius 2 is 1.68 bits per heavy atom. The number of esters is 1. The van der Waals surface area contributed by atoms with E-state index in [1.807, 2.05) is 0 Å². The molecule has 0 saturated carbocycles. The quantitative estimate of drug-likeness (QED) is 0.258. The van der Waals surface area contributed by atoms with E-state index in [1.54, 1.807) is 0 Å². The number of allylic oxidation sites excluding steroid dienone is 1. The van der Waals surface area contributed by atoms with Gasteiger partial charge in [0.25, 0.3) is 0 Å². The topological polar surface area (TPSA) is 46.5 Å². The number of carbonyl (C=O) groups is 1. The molecule has 1 N–H and O–H groups in total. The molecule has 0 aliphatic heterocycles. The number of hydrogen-bond acceptors (Lipinski definition) is 3. The summed E-state index contributed by atoms with van der Waals surface area (Å²) >= 11 is 0. The van der Waals surface area contributed by atoms with Crippen LogP contribution in [0.15, 0.2) is 12.2 Å². The van der Waals surface area contributed by atoms with Gasteiger partial charge in [-0.15, -0.1) is 0 Å². The Morgan fingerprint density at radius 3 is 2.41 bits per heavy atom. The zero-order chi connectivity index (χ0) is 16.5. The molecule has 0 unspecified atom stereocenters. The Kier molecular flexibility index (Phi) is 15.9. The van der Waals surface area contributed by atoms with Gasteiger partial charge in [-0.2, -0.15) is 0 Å². The van der Waals surface area contributed by atoms with Crippen molar-refractivity contribution in [2.75, 3.05) is 7.11 Å². The van der Waals surface area contributed by atoms with Gasteiger partial charge in [-0.25, -0.2) is 0 Å². The molecule has 0 fully saturated rings. The molecule has 0 aliphatic carbocycles. The highest BCUT2D eigenvalue weighted by Crippen LogP contribution is 2.10.